The van der Waals surface area contributed by atoms with Crippen LogP contribution in [0, 0.1) is 0 Å². The van der Waals surface area contributed by atoms with Crippen LogP contribution in [0.3, 0.4) is 0 Å². The molecule has 0 spiro atoms. The fourth-order valence-electron chi connectivity index (χ4n) is 2.05. The van der Waals surface area contributed by atoms with Gasteiger partial charge in [-0.05, 0) is 31.2 Å². The number of carbonyl (C=O) groups is 1. The molecule has 1 heterocycles. The van der Waals surface area contributed by atoms with E-state index < -0.39 is 0 Å². The number of nitrogens with one attached hydrogen (secondary N) is 1. The minimum Gasteiger partial charge on any atom is -0.497 e. The van der Waals surface area contributed by atoms with E-state index in [2.05, 4.69) is 5.32 Å². The summed E-state index contributed by atoms with van der Waals surface area (Å²) in [7, 11) is 3.13. The lowest BCUT2D eigenvalue weighted by atomic mass is 10.2. The van der Waals surface area contributed by atoms with Gasteiger partial charge in [0.05, 0.1) is 26.2 Å². The summed E-state index contributed by atoms with van der Waals surface area (Å²) in [5.41, 5.74) is 0.618. The lowest BCUT2D eigenvalue weighted by Gasteiger charge is -2.12. The number of ether oxygens (including phenoxy) is 2. The van der Waals surface area contributed by atoms with E-state index >= 15 is 0 Å². The van der Waals surface area contributed by atoms with Crippen molar-refractivity contribution >= 4 is 11.6 Å². The first-order valence-corrected chi connectivity index (χ1v) is 7.02. The molecule has 1 aromatic heterocycles. The number of nitrogens with two attached hydrogens (primary N) is 1. The Bertz CT molecular complexity index is 611. The minimum absolute atomic E-state index is 0.0820. The molecule has 1 amide bonds. The maximum atomic E-state index is 12.0. The van der Waals surface area contributed by atoms with Gasteiger partial charge in [0.2, 0.25) is 0 Å². The van der Waals surface area contributed by atoms with E-state index in [1.165, 1.54) is 0 Å². The Labute approximate surface area is 129 Å². The second kappa shape index (κ2) is 7.51. The number of hydrogen-bond donors (Lipinski definition) is 2. The molecule has 1 atom stereocenters. The van der Waals surface area contributed by atoms with Gasteiger partial charge in [0.25, 0.3) is 5.91 Å². The molecule has 0 saturated carbocycles. The van der Waals surface area contributed by atoms with Crippen LogP contribution in [-0.4, -0.2) is 26.7 Å². The minimum atomic E-state index is -0.109. The van der Waals surface area contributed by atoms with Gasteiger partial charge in [-0.3, -0.25) is 4.79 Å². The van der Waals surface area contributed by atoms with Crippen molar-refractivity contribution in [3.63, 3.8) is 0 Å². The number of hydrogen-bond acceptors (Lipinski definition) is 4. The van der Waals surface area contributed by atoms with Crippen LogP contribution in [0.25, 0.3) is 0 Å². The van der Waals surface area contributed by atoms with Crippen molar-refractivity contribution < 1.29 is 24.0 Å². The summed E-state index contributed by atoms with van der Waals surface area (Å²) in [6.07, 6.45) is 1.63. The summed E-state index contributed by atoms with van der Waals surface area (Å²) in [5.74, 6) is 1.97. The Morgan fingerprint density at radius 3 is 2.77 bits per heavy atom. The van der Waals surface area contributed by atoms with Gasteiger partial charge in [0.1, 0.15) is 17.5 Å². The molecule has 1 aromatic carbocycles. The first kappa shape index (κ1) is 15.9. The third-order valence-electron chi connectivity index (χ3n) is 3.33. The third-order valence-corrected chi connectivity index (χ3v) is 3.33. The SMILES string of the molecule is COc1ccc(NC(=O)C[NH2+][C@H](C)c2ccco2)c(OC)c1. The van der Waals surface area contributed by atoms with Gasteiger partial charge in [-0.2, -0.15) is 0 Å². The summed E-state index contributed by atoms with van der Waals surface area (Å²) < 4.78 is 15.7. The van der Waals surface area contributed by atoms with Gasteiger partial charge in [-0.15, -0.1) is 0 Å². The molecule has 6 nitrogen and oxygen atoms in total. The van der Waals surface area contributed by atoms with Crippen LogP contribution < -0.4 is 20.1 Å². The smallest absolute Gasteiger partial charge is 0.279 e. The van der Waals surface area contributed by atoms with Gasteiger partial charge in [-0.25, -0.2) is 0 Å². The second-order valence-corrected chi connectivity index (χ2v) is 4.86. The van der Waals surface area contributed by atoms with Crippen molar-refractivity contribution in [2.75, 3.05) is 26.1 Å². The predicted molar refractivity (Wildman–Crippen MR) is 82.1 cm³/mol. The van der Waals surface area contributed by atoms with Crippen LogP contribution in [0.1, 0.15) is 18.7 Å². The number of methoxy groups -OCH3 is 2. The van der Waals surface area contributed by atoms with E-state index in [0.717, 1.165) is 5.76 Å². The first-order valence-electron chi connectivity index (χ1n) is 7.02. The molecular weight excluding hydrogens is 284 g/mol. The van der Waals surface area contributed by atoms with Crippen LogP contribution in [0.15, 0.2) is 41.0 Å². The van der Waals surface area contributed by atoms with E-state index in [0.29, 0.717) is 17.2 Å². The zero-order chi connectivity index (χ0) is 15.9. The van der Waals surface area contributed by atoms with Gasteiger partial charge in [-0.1, -0.05) is 0 Å². The average molecular weight is 305 g/mol. The summed E-state index contributed by atoms with van der Waals surface area (Å²) in [5, 5.41) is 4.74. The van der Waals surface area contributed by atoms with Crippen LogP contribution in [0.2, 0.25) is 0 Å². The molecule has 2 rings (SSSR count). The van der Waals surface area contributed by atoms with Crippen LogP contribution in [-0.2, 0) is 4.79 Å². The molecule has 6 heteroatoms. The standard InChI is InChI=1S/C16H20N2O4/c1-11(14-5-4-8-22-14)17-10-16(19)18-13-7-6-12(20-2)9-15(13)21-3/h4-9,11,17H,10H2,1-3H3,(H,18,19)/p+1/t11-/m1/s1. The molecule has 22 heavy (non-hydrogen) atoms. The molecule has 0 bridgehead atoms. The van der Waals surface area contributed by atoms with Gasteiger partial charge in [0, 0.05) is 6.07 Å². The van der Waals surface area contributed by atoms with Crippen molar-refractivity contribution in [1.29, 1.82) is 0 Å². The van der Waals surface area contributed by atoms with E-state index in [4.69, 9.17) is 13.9 Å². The monoisotopic (exact) mass is 305 g/mol. The van der Waals surface area contributed by atoms with E-state index in [-0.39, 0.29) is 18.5 Å². The summed E-state index contributed by atoms with van der Waals surface area (Å²) in [4.78, 5) is 12.0. The average Bonchev–Trinajstić information content (AvgIpc) is 3.07. The highest BCUT2D eigenvalue weighted by Gasteiger charge is 2.15. The number of quaternary nitrogens is 1. The molecule has 0 radical (unpaired) electrons. The Morgan fingerprint density at radius 1 is 1.32 bits per heavy atom. The molecule has 118 valence electrons. The fraction of sp³-hybridized carbons (Fsp3) is 0.312. The Morgan fingerprint density at radius 2 is 2.14 bits per heavy atom. The maximum absolute atomic E-state index is 12.0. The Balaban J connectivity index is 1.92. The Kier molecular flexibility index (Phi) is 5.43. The zero-order valence-electron chi connectivity index (χ0n) is 13.0. The highest BCUT2D eigenvalue weighted by Crippen LogP contribution is 2.28. The zero-order valence-corrected chi connectivity index (χ0v) is 13.0. The number of benzene rings is 1. The fourth-order valence-corrected chi connectivity index (χ4v) is 2.05. The van der Waals surface area contributed by atoms with Gasteiger partial charge in [0.15, 0.2) is 12.3 Å². The predicted octanol–water partition coefficient (Wildman–Crippen LogP) is 1.56. The molecule has 0 unspecified atom stereocenters. The molecule has 0 saturated heterocycles. The summed E-state index contributed by atoms with van der Waals surface area (Å²) in [6, 6.07) is 9.07. The van der Waals surface area contributed by atoms with E-state index in [9.17, 15) is 4.79 Å². The lowest BCUT2D eigenvalue weighted by Crippen LogP contribution is -2.86. The van der Waals surface area contributed by atoms with Crippen molar-refractivity contribution in [2.24, 2.45) is 0 Å². The highest BCUT2D eigenvalue weighted by molar-refractivity contribution is 5.93. The molecule has 0 aliphatic heterocycles. The van der Waals surface area contributed by atoms with Crippen molar-refractivity contribution in [1.82, 2.24) is 0 Å². The topological polar surface area (TPSA) is 77.3 Å². The van der Waals surface area contributed by atoms with Crippen molar-refractivity contribution in [2.45, 2.75) is 13.0 Å². The highest BCUT2D eigenvalue weighted by atomic mass is 16.5. The van der Waals surface area contributed by atoms with Gasteiger partial charge < -0.3 is 24.5 Å². The number of amides is 1. The summed E-state index contributed by atoms with van der Waals surface area (Å²) >= 11 is 0. The van der Waals surface area contributed by atoms with E-state index in [1.54, 1.807) is 38.7 Å². The number of rotatable bonds is 7. The third kappa shape index (κ3) is 4.02. The largest absolute Gasteiger partial charge is 0.497 e. The molecule has 3 N–H and O–H groups in total. The molecular formula is C16H21N2O4+. The van der Waals surface area contributed by atoms with Crippen molar-refractivity contribution in [3.05, 3.63) is 42.4 Å². The Hall–Kier alpha value is -2.47. The normalized spacial score (nSPS) is 11.8. The lowest BCUT2D eigenvalue weighted by molar-refractivity contribution is -0.684. The maximum Gasteiger partial charge on any atom is 0.279 e. The van der Waals surface area contributed by atoms with Crippen LogP contribution in [0.4, 0.5) is 5.69 Å². The molecule has 0 fully saturated rings. The number of carbonyl (C=O) groups excluding carboxylic acids is 1. The number of furan rings is 1. The van der Waals surface area contributed by atoms with Crippen molar-refractivity contribution in [3.8, 4) is 11.5 Å². The molecule has 2 aromatic rings. The second-order valence-electron chi connectivity index (χ2n) is 4.86. The van der Waals surface area contributed by atoms with Crippen LogP contribution in [0.5, 0.6) is 11.5 Å². The van der Waals surface area contributed by atoms with E-state index in [1.807, 2.05) is 24.4 Å². The first-order chi connectivity index (χ1) is 10.6. The van der Waals surface area contributed by atoms with Crippen LogP contribution >= 0.6 is 0 Å². The van der Waals surface area contributed by atoms with Gasteiger partial charge >= 0.3 is 0 Å². The molecule has 0 aliphatic carbocycles. The quantitative estimate of drug-likeness (QED) is 0.814. The molecule has 0 aliphatic rings. The number of anilines is 1. The summed E-state index contributed by atoms with van der Waals surface area (Å²) in [6.45, 7) is 2.27.